The first-order valence-corrected chi connectivity index (χ1v) is 12.6. The fourth-order valence-electron chi connectivity index (χ4n) is 4.89. The van der Waals surface area contributed by atoms with Crippen molar-refractivity contribution in [2.45, 2.75) is 6.54 Å². The second kappa shape index (κ2) is 9.69. The quantitative estimate of drug-likeness (QED) is 0.319. The van der Waals surface area contributed by atoms with Crippen LogP contribution in [0.25, 0.3) is 33.2 Å². The molecule has 37 heavy (non-hydrogen) atoms. The van der Waals surface area contributed by atoms with E-state index in [4.69, 9.17) is 0 Å². The molecular formula is C30H29N5O2. The number of carbonyl (C=O) groups is 1. The van der Waals surface area contributed by atoms with Gasteiger partial charge in [-0.2, -0.15) is 0 Å². The fraction of sp³-hybridized carbons (Fsp3) is 0.200. The van der Waals surface area contributed by atoms with Crippen molar-refractivity contribution in [3.8, 4) is 17.1 Å². The number of piperazine rings is 1. The van der Waals surface area contributed by atoms with Crippen LogP contribution in [0.2, 0.25) is 0 Å². The maximum atomic E-state index is 13.0. The van der Waals surface area contributed by atoms with Gasteiger partial charge >= 0.3 is 0 Å². The molecule has 7 heteroatoms. The Morgan fingerprint density at radius 2 is 1.76 bits per heavy atom. The SMILES string of the molecule is CN1CCN(Cc2ccc(NC(=O)c3ccc4nc(-c5ccc6ccccc6c5O)[nH]c4c3)cc2)CC1. The van der Waals surface area contributed by atoms with E-state index in [9.17, 15) is 9.90 Å². The van der Waals surface area contributed by atoms with Crippen LogP contribution in [0.1, 0.15) is 15.9 Å². The van der Waals surface area contributed by atoms with Crippen molar-refractivity contribution < 1.29 is 9.90 Å². The first kappa shape index (κ1) is 23.2. The third-order valence-corrected chi connectivity index (χ3v) is 7.11. The number of H-pyrrole nitrogens is 1. The molecule has 0 aliphatic carbocycles. The van der Waals surface area contributed by atoms with E-state index in [0.717, 1.165) is 60.2 Å². The Morgan fingerprint density at radius 3 is 2.57 bits per heavy atom. The molecule has 0 atom stereocenters. The zero-order valence-electron chi connectivity index (χ0n) is 20.7. The Balaban J connectivity index is 1.17. The number of phenols is 1. The van der Waals surface area contributed by atoms with Gasteiger partial charge in [0.25, 0.3) is 5.91 Å². The molecule has 4 aromatic carbocycles. The van der Waals surface area contributed by atoms with Crippen LogP contribution in [0.5, 0.6) is 5.75 Å². The van der Waals surface area contributed by atoms with Gasteiger partial charge in [0, 0.05) is 49.4 Å². The van der Waals surface area contributed by atoms with E-state index in [2.05, 4.69) is 44.3 Å². The molecule has 7 nitrogen and oxygen atoms in total. The molecule has 1 saturated heterocycles. The van der Waals surface area contributed by atoms with E-state index in [-0.39, 0.29) is 11.7 Å². The highest BCUT2D eigenvalue weighted by molar-refractivity contribution is 6.06. The zero-order valence-corrected chi connectivity index (χ0v) is 20.7. The lowest BCUT2D eigenvalue weighted by Gasteiger charge is -2.32. The summed E-state index contributed by atoms with van der Waals surface area (Å²) in [5.74, 6) is 0.566. The van der Waals surface area contributed by atoms with E-state index >= 15 is 0 Å². The van der Waals surface area contributed by atoms with Gasteiger partial charge < -0.3 is 20.3 Å². The molecular weight excluding hydrogens is 462 g/mol. The molecule has 5 aromatic rings. The molecule has 0 saturated carbocycles. The summed E-state index contributed by atoms with van der Waals surface area (Å²) >= 11 is 0. The van der Waals surface area contributed by atoms with Crippen LogP contribution in [0.15, 0.2) is 78.9 Å². The average molecular weight is 492 g/mol. The third-order valence-electron chi connectivity index (χ3n) is 7.11. The van der Waals surface area contributed by atoms with Crippen molar-refractivity contribution in [2.75, 3.05) is 38.5 Å². The number of hydrogen-bond donors (Lipinski definition) is 3. The molecule has 186 valence electrons. The van der Waals surface area contributed by atoms with Gasteiger partial charge in [0.15, 0.2) is 0 Å². The van der Waals surface area contributed by atoms with Crippen molar-refractivity contribution in [3.05, 3.63) is 90.0 Å². The second-order valence-electron chi connectivity index (χ2n) is 9.73. The van der Waals surface area contributed by atoms with Crippen LogP contribution < -0.4 is 5.32 Å². The highest BCUT2D eigenvalue weighted by Gasteiger charge is 2.16. The number of benzene rings is 4. The summed E-state index contributed by atoms with van der Waals surface area (Å²) in [7, 11) is 2.16. The number of nitrogens with one attached hydrogen (secondary N) is 2. The molecule has 3 N–H and O–H groups in total. The zero-order chi connectivity index (χ0) is 25.4. The molecule has 1 fully saturated rings. The van der Waals surface area contributed by atoms with Gasteiger partial charge in [-0.15, -0.1) is 0 Å². The van der Waals surface area contributed by atoms with Gasteiger partial charge in [-0.1, -0.05) is 42.5 Å². The first-order chi connectivity index (χ1) is 18.0. The molecule has 1 aromatic heterocycles. The molecule has 1 aliphatic heterocycles. The monoisotopic (exact) mass is 491 g/mol. The van der Waals surface area contributed by atoms with Crippen LogP contribution in [-0.2, 0) is 6.54 Å². The summed E-state index contributed by atoms with van der Waals surface area (Å²) in [5.41, 5.74) is 4.62. The van der Waals surface area contributed by atoms with Crippen LogP contribution in [-0.4, -0.2) is 64.0 Å². The molecule has 1 amide bonds. The summed E-state index contributed by atoms with van der Waals surface area (Å²) in [6, 6.07) is 25.0. The number of imidazole rings is 1. The lowest BCUT2D eigenvalue weighted by Crippen LogP contribution is -2.43. The summed E-state index contributed by atoms with van der Waals surface area (Å²) in [6.07, 6.45) is 0. The van der Waals surface area contributed by atoms with Gasteiger partial charge in [-0.05, 0) is 54.4 Å². The molecule has 6 rings (SSSR count). The molecule has 0 bridgehead atoms. The lowest BCUT2D eigenvalue weighted by molar-refractivity contribution is 0.102. The Morgan fingerprint density at radius 1 is 0.973 bits per heavy atom. The first-order valence-electron chi connectivity index (χ1n) is 12.6. The summed E-state index contributed by atoms with van der Waals surface area (Å²) < 4.78 is 0. The van der Waals surface area contributed by atoms with Gasteiger partial charge in [-0.25, -0.2) is 4.98 Å². The van der Waals surface area contributed by atoms with Crippen LogP contribution in [0, 0.1) is 0 Å². The summed E-state index contributed by atoms with van der Waals surface area (Å²) in [6.45, 7) is 5.27. The molecule has 0 spiro atoms. The fourth-order valence-corrected chi connectivity index (χ4v) is 4.89. The highest BCUT2D eigenvalue weighted by atomic mass is 16.3. The van der Waals surface area contributed by atoms with Crippen molar-refractivity contribution in [3.63, 3.8) is 0 Å². The number of aromatic nitrogens is 2. The van der Waals surface area contributed by atoms with Gasteiger partial charge in [0.2, 0.25) is 0 Å². The van der Waals surface area contributed by atoms with Crippen molar-refractivity contribution in [1.82, 2.24) is 19.8 Å². The van der Waals surface area contributed by atoms with Crippen molar-refractivity contribution >= 4 is 33.4 Å². The van der Waals surface area contributed by atoms with E-state index in [0.29, 0.717) is 17.0 Å². The maximum Gasteiger partial charge on any atom is 0.255 e. The number of fused-ring (bicyclic) bond motifs is 2. The minimum Gasteiger partial charge on any atom is -0.507 e. The third kappa shape index (κ3) is 4.79. The molecule has 1 aliphatic rings. The number of hydrogen-bond acceptors (Lipinski definition) is 5. The number of aromatic hydroxyl groups is 1. The summed E-state index contributed by atoms with van der Waals surface area (Å²) in [4.78, 5) is 25.7. The summed E-state index contributed by atoms with van der Waals surface area (Å²) in [5, 5.41) is 15.6. The number of phenolic OH excluding ortho intramolecular Hbond substituents is 1. The van der Waals surface area contributed by atoms with Crippen LogP contribution in [0.3, 0.4) is 0 Å². The molecule has 2 heterocycles. The Labute approximate surface area is 215 Å². The van der Waals surface area contributed by atoms with E-state index < -0.39 is 0 Å². The Kier molecular flexibility index (Phi) is 6.08. The van der Waals surface area contributed by atoms with Crippen molar-refractivity contribution in [2.24, 2.45) is 0 Å². The average Bonchev–Trinajstić information content (AvgIpc) is 3.34. The van der Waals surface area contributed by atoms with Crippen molar-refractivity contribution in [1.29, 1.82) is 0 Å². The standard InChI is InChI=1S/C30H29N5O2/c1-34-14-16-35(17-15-34)19-20-6-10-23(11-7-20)31-30(37)22-9-13-26-27(18-22)33-29(32-26)25-12-8-21-4-2-3-5-24(21)28(25)36/h2-13,18,36H,14-17,19H2,1H3,(H,31,37)(H,32,33). The largest absolute Gasteiger partial charge is 0.507 e. The number of rotatable bonds is 5. The van der Waals surface area contributed by atoms with Gasteiger partial charge in [0.1, 0.15) is 11.6 Å². The Bertz CT molecular complexity index is 1580. The minimum atomic E-state index is -0.182. The van der Waals surface area contributed by atoms with E-state index in [1.807, 2.05) is 54.6 Å². The van der Waals surface area contributed by atoms with Gasteiger partial charge in [0.05, 0.1) is 16.6 Å². The maximum absolute atomic E-state index is 13.0. The second-order valence-corrected chi connectivity index (χ2v) is 9.73. The predicted molar refractivity (Wildman–Crippen MR) is 148 cm³/mol. The normalized spacial score (nSPS) is 14.8. The van der Waals surface area contributed by atoms with Gasteiger partial charge in [-0.3, -0.25) is 9.69 Å². The molecule has 0 unspecified atom stereocenters. The highest BCUT2D eigenvalue weighted by Crippen LogP contribution is 2.35. The number of nitrogens with zero attached hydrogens (tertiary/aromatic N) is 3. The number of amides is 1. The number of carbonyl (C=O) groups excluding carboxylic acids is 1. The number of aromatic amines is 1. The Hall–Kier alpha value is -4.20. The van der Waals surface area contributed by atoms with E-state index in [1.54, 1.807) is 12.1 Å². The lowest BCUT2D eigenvalue weighted by atomic mass is 10.1. The van der Waals surface area contributed by atoms with Crippen LogP contribution in [0.4, 0.5) is 5.69 Å². The minimum absolute atomic E-state index is 0.182. The smallest absolute Gasteiger partial charge is 0.255 e. The molecule has 0 radical (unpaired) electrons. The number of likely N-dealkylation sites (N-methyl/N-ethyl adjacent to an activating group) is 1. The number of anilines is 1. The topological polar surface area (TPSA) is 84.5 Å². The van der Waals surface area contributed by atoms with E-state index in [1.165, 1.54) is 5.56 Å². The predicted octanol–water partition coefficient (Wildman–Crippen LogP) is 5.09. The van der Waals surface area contributed by atoms with Crippen LogP contribution >= 0.6 is 0 Å².